The largest absolute Gasteiger partial charge is 0.480 e. The first-order valence-corrected chi connectivity index (χ1v) is 27.1. The van der Waals surface area contributed by atoms with Crippen LogP contribution in [0.1, 0.15) is 83.2 Å². The molecule has 0 bridgehead atoms. The maximum atomic E-state index is 12.9. The van der Waals surface area contributed by atoms with Gasteiger partial charge in [-0.1, -0.05) is 47.5 Å². The number of aromatic nitrogens is 6. The molecule has 2 atom stereocenters. The van der Waals surface area contributed by atoms with E-state index in [9.17, 15) is 69.8 Å². The minimum atomic E-state index is -4.64. The van der Waals surface area contributed by atoms with Gasteiger partial charge in [-0.05, 0) is 122 Å². The third-order valence-corrected chi connectivity index (χ3v) is 13.5. The predicted octanol–water partition coefficient (Wildman–Crippen LogP) is 6.75. The number of nitrogens with zero attached hydrogens (tertiary/aromatic N) is 6. The molecule has 2 aromatic heterocycles. The van der Waals surface area contributed by atoms with Gasteiger partial charge in [0.25, 0.3) is 23.6 Å². The molecule has 34 heteroatoms. The van der Waals surface area contributed by atoms with Crippen molar-refractivity contribution in [3.8, 4) is 12.0 Å². The Morgan fingerprint density at radius 2 is 0.888 bits per heavy atom. The van der Waals surface area contributed by atoms with Gasteiger partial charge in [0.1, 0.15) is 12.1 Å². The number of anilines is 6. The highest BCUT2D eigenvalue weighted by Crippen LogP contribution is 2.49. The first kappa shape index (κ1) is 66.5. The summed E-state index contributed by atoms with van der Waals surface area (Å²) < 4.78 is 91.2. The molecule has 89 heavy (non-hydrogen) atoms. The van der Waals surface area contributed by atoms with E-state index in [4.69, 9.17) is 44.1 Å². The van der Waals surface area contributed by atoms with Gasteiger partial charge < -0.3 is 62.7 Å². The number of carboxylic acids is 1. The van der Waals surface area contributed by atoms with Crippen molar-refractivity contribution in [2.45, 2.75) is 86.9 Å². The first-order chi connectivity index (χ1) is 42.0. The summed E-state index contributed by atoms with van der Waals surface area (Å²) in [5, 5.41) is 27.1. The highest BCUT2D eigenvalue weighted by Gasteiger charge is 2.46. The lowest BCUT2D eigenvalue weighted by molar-refractivity contribution is -0.155. The van der Waals surface area contributed by atoms with Gasteiger partial charge in [0.2, 0.25) is 35.4 Å². The summed E-state index contributed by atoms with van der Waals surface area (Å²) >= 11 is 12.0. The fourth-order valence-corrected chi connectivity index (χ4v) is 8.40. The second kappa shape index (κ2) is 28.7. The van der Waals surface area contributed by atoms with Crippen LogP contribution in [0.15, 0.2) is 97.1 Å². The lowest BCUT2D eigenvalue weighted by Crippen LogP contribution is -2.42. The molecule has 2 fully saturated rings. The molecule has 8 rings (SSSR count). The Morgan fingerprint density at radius 3 is 1.21 bits per heavy atom. The molecule has 0 spiro atoms. The number of hydrogen-bond donors (Lipinski definition) is 9. The monoisotopic (exact) mass is 1280 g/mol. The molecule has 470 valence electrons. The van der Waals surface area contributed by atoms with Gasteiger partial charge in [-0.2, -0.15) is 56.2 Å². The number of rotatable bonds is 28. The van der Waals surface area contributed by atoms with E-state index >= 15 is 0 Å². The number of carbonyl (C=O) groups excluding carboxylic acids is 7. The van der Waals surface area contributed by atoms with E-state index in [1.165, 1.54) is 48.5 Å². The van der Waals surface area contributed by atoms with Crippen LogP contribution in [-0.4, -0.2) is 127 Å². The Kier molecular flexibility index (Phi) is 21.4. The highest BCUT2D eigenvalue weighted by molar-refractivity contribution is 6.36. The number of aliphatic carboxylic acids is 1. The quantitative estimate of drug-likeness (QED) is 0.0139. The van der Waals surface area contributed by atoms with Crippen molar-refractivity contribution < 1.29 is 84.0 Å². The van der Waals surface area contributed by atoms with E-state index in [0.717, 1.165) is 18.2 Å². The van der Waals surface area contributed by atoms with Crippen molar-refractivity contribution >= 4 is 106 Å². The number of hydrogen-bond acceptors (Lipinski definition) is 21. The lowest BCUT2D eigenvalue weighted by Gasteiger charge is -2.19. The van der Waals surface area contributed by atoms with Crippen molar-refractivity contribution in [2.75, 3.05) is 41.6 Å². The van der Waals surface area contributed by atoms with Crippen molar-refractivity contribution in [3.63, 3.8) is 0 Å². The van der Waals surface area contributed by atoms with Crippen molar-refractivity contribution in [2.24, 2.45) is 11.5 Å². The molecule has 0 saturated heterocycles. The molecule has 0 radical (unpaired) electrons. The van der Waals surface area contributed by atoms with Crippen LogP contribution in [0.3, 0.4) is 0 Å². The zero-order chi connectivity index (χ0) is 64.8. The Labute approximate surface area is 509 Å². The van der Waals surface area contributed by atoms with Crippen molar-refractivity contribution in [3.05, 3.63) is 129 Å². The number of benzene rings is 4. The number of methoxy groups -OCH3 is 1. The highest BCUT2D eigenvalue weighted by atomic mass is 35.5. The molecule has 2 heterocycles. The zero-order valence-corrected chi connectivity index (χ0v) is 47.8. The first-order valence-electron chi connectivity index (χ1n) is 26.3. The Balaban J connectivity index is 0.000000254. The molecule has 4 aromatic carbocycles. The topological polar surface area (TPSA) is 386 Å². The third-order valence-electron chi connectivity index (χ3n) is 13.0. The smallest absolute Gasteiger partial charge is 0.422 e. The minimum absolute atomic E-state index is 0.0307. The average molecular weight is 1290 g/mol. The number of nitrogens with two attached hydrogens (primary N) is 2. The Bertz CT molecular complexity index is 3590. The van der Waals surface area contributed by atoms with Gasteiger partial charge in [0.05, 0.1) is 18.2 Å². The summed E-state index contributed by atoms with van der Waals surface area (Å²) in [7, 11) is 1.10. The van der Waals surface area contributed by atoms with Crippen LogP contribution in [0.5, 0.6) is 12.0 Å². The fourth-order valence-electron chi connectivity index (χ4n) is 8.14. The average Bonchev–Trinajstić information content (AvgIpc) is 1.67. The minimum Gasteiger partial charge on any atom is -0.480 e. The summed E-state index contributed by atoms with van der Waals surface area (Å²) in [6.07, 6.45) is -7.84. The van der Waals surface area contributed by atoms with E-state index in [1.807, 2.05) is 24.3 Å². The molecule has 6 aromatic rings. The van der Waals surface area contributed by atoms with E-state index in [-0.39, 0.29) is 54.2 Å². The second-order valence-corrected chi connectivity index (χ2v) is 20.6. The summed E-state index contributed by atoms with van der Waals surface area (Å²) in [6, 6.07) is 21.6. The SMILES string of the molecule is COC(=O)[C@H](CCC(=O)C(N)=O)NC(=O)c1ccc(Nc2nc(NC3(c4ccc(Cl)cc4)CC3)nc(OCC(F)(F)F)n2)cc1.NC(=O)C(=O)CC[C@H](NC(=O)c1ccc(Nc2nc(NC3(c4ccc(Cl)cc4)CC3)nc(OCC(F)(F)F)n2)cc1)C(=O)O. The van der Waals surface area contributed by atoms with E-state index in [2.05, 4.69) is 66.5 Å². The van der Waals surface area contributed by atoms with E-state index in [1.54, 1.807) is 24.3 Å². The molecule has 4 amide bonds. The third kappa shape index (κ3) is 20.0. The van der Waals surface area contributed by atoms with Crippen LogP contribution < -0.4 is 52.8 Å². The van der Waals surface area contributed by atoms with Gasteiger partial charge in [-0.3, -0.25) is 28.8 Å². The summed E-state index contributed by atoms with van der Waals surface area (Å²) in [5.41, 5.74) is 11.3. The molecule has 2 saturated carbocycles. The normalized spacial score (nSPS) is 14.1. The summed E-state index contributed by atoms with van der Waals surface area (Å²) in [4.78, 5) is 118. The van der Waals surface area contributed by atoms with Gasteiger partial charge in [-0.25, -0.2) is 9.59 Å². The number of carbonyl (C=O) groups is 8. The maximum absolute atomic E-state index is 12.9. The molecular weight excluding hydrogens is 1230 g/mol. The maximum Gasteiger partial charge on any atom is 0.422 e. The molecule has 0 aliphatic heterocycles. The van der Waals surface area contributed by atoms with Crippen LogP contribution in [0, 0.1) is 0 Å². The summed E-state index contributed by atoms with van der Waals surface area (Å²) in [6.45, 7) is -3.25. The second-order valence-electron chi connectivity index (χ2n) is 19.7. The molecule has 2 aliphatic carbocycles. The number of ketones is 2. The molecule has 26 nitrogen and oxygen atoms in total. The summed E-state index contributed by atoms with van der Waals surface area (Å²) in [5.74, 6) is -8.33. The Morgan fingerprint density at radius 1 is 0.539 bits per heavy atom. The number of amides is 4. The van der Waals surface area contributed by atoms with Crippen LogP contribution in [0.4, 0.5) is 61.5 Å². The van der Waals surface area contributed by atoms with Crippen LogP contribution >= 0.6 is 23.2 Å². The number of alkyl halides is 6. The number of Topliss-reactive ketones (excluding diaryl/α,β-unsaturated/α-hetero) is 2. The standard InChI is InChI=1S/C28H27ClF3N7O6.C27H25ClF3N7O6/c1-44-23(43)19(10-11-20(40)21(33)41)35-22(42)15-2-8-18(9-3-15)34-24-36-25(38-26(37-24)45-14-28(30,31)32)39-27(12-13-27)16-4-6-17(29)7-5-16;28-16-5-3-15(4-6-16)26(11-12-26)38-24-35-23(36-25(37-24)44-13-27(29,30)31)33-17-7-1-14(2-8-17)21(41)34-18(22(42)43)9-10-19(39)20(32)40/h2-9,19H,10-14H2,1H3,(H2,33,41)(H,35,42)(H2,34,36,37,38,39);1-8,18H,9-13H2,(H2,32,40)(H,34,41)(H,42,43)(H2,33,35,36,37,38)/t19-;18-/m00/s1. The van der Waals surface area contributed by atoms with Crippen LogP contribution in [0.25, 0.3) is 0 Å². The van der Waals surface area contributed by atoms with Gasteiger partial charge in [0, 0.05) is 45.4 Å². The van der Waals surface area contributed by atoms with E-state index in [0.29, 0.717) is 47.1 Å². The van der Waals surface area contributed by atoms with Crippen molar-refractivity contribution in [1.82, 2.24) is 40.5 Å². The van der Waals surface area contributed by atoms with Crippen molar-refractivity contribution in [1.29, 1.82) is 0 Å². The number of primary amides is 2. The Hall–Kier alpha value is -9.98. The molecule has 2 aliphatic rings. The van der Waals surface area contributed by atoms with Gasteiger partial charge in [0.15, 0.2) is 13.2 Å². The fraction of sp³-hybridized carbons (Fsp3) is 0.309. The molecular formula is C55H52Cl2F6N14O12. The van der Waals surface area contributed by atoms with E-state index < -0.39 is 114 Å². The zero-order valence-electron chi connectivity index (χ0n) is 46.3. The van der Waals surface area contributed by atoms with Gasteiger partial charge >= 0.3 is 36.3 Å². The van der Waals surface area contributed by atoms with Gasteiger partial charge in [-0.15, -0.1) is 0 Å². The number of carboxylic acid groups (broad SMARTS) is 1. The van der Waals surface area contributed by atoms with Crippen LogP contribution in [0.2, 0.25) is 10.0 Å². The predicted molar refractivity (Wildman–Crippen MR) is 303 cm³/mol. The molecule has 0 unspecified atom stereocenters. The van der Waals surface area contributed by atoms with Crippen LogP contribution in [-0.2, 0) is 44.6 Å². The lowest BCUT2D eigenvalue weighted by atomic mass is 10.1. The molecule has 11 N–H and O–H groups in total. The number of nitrogens with one attached hydrogen (secondary N) is 6. The number of halogens is 8. The number of esters is 1. The number of ether oxygens (including phenoxy) is 3.